The largest absolute Gasteiger partial charge is 0.351 e. The van der Waals surface area contributed by atoms with Crippen molar-refractivity contribution in [3.8, 4) is 0 Å². The minimum Gasteiger partial charge on any atom is -0.351 e. The van der Waals surface area contributed by atoms with Crippen LogP contribution in [0.25, 0.3) is 11.0 Å². The molecule has 7 heteroatoms. The zero-order chi connectivity index (χ0) is 16.3. The van der Waals surface area contributed by atoms with E-state index in [2.05, 4.69) is 28.7 Å². The van der Waals surface area contributed by atoms with Gasteiger partial charge < -0.3 is 10.3 Å². The molecule has 0 spiro atoms. The van der Waals surface area contributed by atoms with Crippen molar-refractivity contribution in [2.24, 2.45) is 11.7 Å². The van der Waals surface area contributed by atoms with Gasteiger partial charge in [0, 0.05) is 6.54 Å². The Labute approximate surface area is 133 Å². The number of hydrogen-bond acceptors (Lipinski definition) is 4. The third-order valence-corrected chi connectivity index (χ3v) is 4.16. The molecule has 2 aromatic rings. The molecule has 6 nitrogen and oxygen atoms in total. The highest BCUT2D eigenvalue weighted by molar-refractivity contribution is 8.00. The fourth-order valence-corrected chi connectivity index (χ4v) is 3.05. The van der Waals surface area contributed by atoms with Crippen LogP contribution in [0.5, 0.6) is 0 Å². The van der Waals surface area contributed by atoms with E-state index >= 15 is 0 Å². The fraction of sp³-hybridized carbons (Fsp3) is 0.400. The van der Waals surface area contributed by atoms with Crippen LogP contribution in [0.4, 0.5) is 4.79 Å². The zero-order valence-electron chi connectivity index (χ0n) is 12.9. The van der Waals surface area contributed by atoms with Crippen molar-refractivity contribution < 1.29 is 9.59 Å². The second-order valence-electron chi connectivity index (χ2n) is 5.50. The molecule has 0 fully saturated rings. The molecule has 3 N–H and O–H groups in total. The summed E-state index contributed by atoms with van der Waals surface area (Å²) in [5, 5.41) is 2.40. The van der Waals surface area contributed by atoms with Crippen LogP contribution in [0.1, 0.15) is 20.8 Å². The van der Waals surface area contributed by atoms with Gasteiger partial charge in [-0.05, 0) is 25.0 Å². The van der Waals surface area contributed by atoms with E-state index in [1.807, 2.05) is 24.3 Å². The number of para-hydroxylation sites is 2. The first-order valence-electron chi connectivity index (χ1n) is 7.10. The van der Waals surface area contributed by atoms with Crippen molar-refractivity contribution in [1.82, 2.24) is 14.9 Å². The smallest absolute Gasteiger partial charge is 0.318 e. The predicted molar refractivity (Wildman–Crippen MR) is 87.6 cm³/mol. The van der Waals surface area contributed by atoms with E-state index in [0.29, 0.717) is 5.92 Å². The number of nitrogens with two attached hydrogens (primary N) is 1. The molecule has 1 heterocycles. The van der Waals surface area contributed by atoms with Gasteiger partial charge in [0.2, 0.25) is 5.91 Å². The summed E-state index contributed by atoms with van der Waals surface area (Å²) < 4.78 is 2.11. The van der Waals surface area contributed by atoms with Crippen LogP contribution in [-0.4, -0.2) is 26.7 Å². The summed E-state index contributed by atoms with van der Waals surface area (Å²) in [4.78, 5) is 27.2. The number of carbonyl (C=O) groups excluding carboxylic acids is 2. The maximum atomic E-state index is 11.8. The normalized spacial score (nSPS) is 12.5. The number of nitrogens with one attached hydrogen (secondary N) is 1. The van der Waals surface area contributed by atoms with Crippen LogP contribution in [-0.2, 0) is 11.3 Å². The van der Waals surface area contributed by atoms with Crippen molar-refractivity contribution in [2.45, 2.75) is 37.7 Å². The minimum absolute atomic E-state index is 0.416. The zero-order valence-corrected chi connectivity index (χ0v) is 13.7. The molecule has 0 aliphatic heterocycles. The van der Waals surface area contributed by atoms with E-state index in [0.717, 1.165) is 22.7 Å². The predicted octanol–water partition coefficient (Wildman–Crippen LogP) is 2.37. The van der Waals surface area contributed by atoms with E-state index in [-0.39, 0.29) is 0 Å². The van der Waals surface area contributed by atoms with Crippen LogP contribution in [0, 0.1) is 5.92 Å². The average molecular weight is 320 g/mol. The molecule has 3 amide bonds. The standard InChI is InChI=1S/C15H20N4O2S/c1-9(2)8-19-12-7-5-4-6-11(12)17-15(19)22-10(3)13(20)18-14(16)21/h4-7,9-10H,8H2,1-3H3,(H3,16,18,20,21)/t10-/m1/s1. The molecule has 0 radical (unpaired) electrons. The maximum absolute atomic E-state index is 11.8. The molecule has 0 saturated carbocycles. The van der Waals surface area contributed by atoms with Crippen LogP contribution in [0.15, 0.2) is 29.4 Å². The summed E-state index contributed by atoms with van der Waals surface area (Å²) in [5.74, 6) is 0.0346. The SMILES string of the molecule is CC(C)Cn1c(S[C@H](C)C(=O)NC(N)=O)nc2ccccc21. The Morgan fingerprint density at radius 1 is 1.32 bits per heavy atom. The van der Waals surface area contributed by atoms with Crippen LogP contribution in [0.3, 0.4) is 0 Å². The van der Waals surface area contributed by atoms with E-state index in [1.54, 1.807) is 6.92 Å². The van der Waals surface area contributed by atoms with E-state index in [9.17, 15) is 9.59 Å². The second-order valence-corrected chi connectivity index (χ2v) is 6.81. The number of urea groups is 1. The number of benzene rings is 1. The third kappa shape index (κ3) is 3.79. The Kier molecular flexibility index (Phi) is 5.07. The van der Waals surface area contributed by atoms with Crippen LogP contribution in [0.2, 0.25) is 0 Å². The van der Waals surface area contributed by atoms with Gasteiger partial charge in [0.1, 0.15) is 0 Å². The third-order valence-electron chi connectivity index (χ3n) is 3.07. The number of fused-ring (bicyclic) bond motifs is 1. The Morgan fingerprint density at radius 3 is 2.64 bits per heavy atom. The quantitative estimate of drug-likeness (QED) is 0.828. The summed E-state index contributed by atoms with van der Waals surface area (Å²) in [5.41, 5.74) is 6.92. The lowest BCUT2D eigenvalue weighted by atomic mass is 10.2. The van der Waals surface area contributed by atoms with Crippen molar-refractivity contribution in [2.75, 3.05) is 0 Å². The van der Waals surface area contributed by atoms with Crippen molar-refractivity contribution in [3.05, 3.63) is 24.3 Å². The molecule has 1 atom stereocenters. The van der Waals surface area contributed by atoms with Gasteiger partial charge in [-0.15, -0.1) is 0 Å². The molecular formula is C15H20N4O2S. The first-order valence-corrected chi connectivity index (χ1v) is 7.98. The summed E-state index contributed by atoms with van der Waals surface area (Å²) in [6.45, 7) is 6.80. The lowest BCUT2D eigenvalue weighted by Gasteiger charge is -2.14. The Bertz CT molecular complexity index is 696. The number of imidazole rings is 1. The lowest BCUT2D eigenvalue weighted by molar-refractivity contribution is -0.119. The van der Waals surface area contributed by atoms with Gasteiger partial charge in [-0.25, -0.2) is 9.78 Å². The van der Waals surface area contributed by atoms with E-state index < -0.39 is 17.2 Å². The number of aromatic nitrogens is 2. The first kappa shape index (κ1) is 16.4. The van der Waals surface area contributed by atoms with Gasteiger partial charge in [0.15, 0.2) is 5.16 Å². The van der Waals surface area contributed by atoms with E-state index in [1.165, 1.54) is 11.8 Å². The number of amides is 3. The molecule has 0 bridgehead atoms. The molecule has 0 unspecified atom stereocenters. The number of rotatable bonds is 5. The van der Waals surface area contributed by atoms with Gasteiger partial charge in [-0.1, -0.05) is 37.7 Å². The average Bonchev–Trinajstić information content (AvgIpc) is 2.75. The summed E-state index contributed by atoms with van der Waals surface area (Å²) in [6.07, 6.45) is 0. The van der Waals surface area contributed by atoms with Gasteiger partial charge in [-0.3, -0.25) is 10.1 Å². The molecule has 0 aliphatic rings. The second kappa shape index (κ2) is 6.83. The molecule has 0 saturated heterocycles. The minimum atomic E-state index is -0.840. The van der Waals surface area contributed by atoms with Crippen LogP contribution < -0.4 is 11.1 Å². The Balaban J connectivity index is 2.29. The number of primary amides is 1. The molecule has 1 aromatic heterocycles. The lowest BCUT2D eigenvalue weighted by Crippen LogP contribution is -2.39. The van der Waals surface area contributed by atoms with Gasteiger partial charge in [-0.2, -0.15) is 0 Å². The van der Waals surface area contributed by atoms with Gasteiger partial charge >= 0.3 is 6.03 Å². The maximum Gasteiger partial charge on any atom is 0.318 e. The fourth-order valence-electron chi connectivity index (χ4n) is 2.12. The highest BCUT2D eigenvalue weighted by atomic mass is 32.2. The highest BCUT2D eigenvalue weighted by Crippen LogP contribution is 2.28. The van der Waals surface area contributed by atoms with Crippen LogP contribution >= 0.6 is 11.8 Å². The number of imide groups is 1. The van der Waals surface area contributed by atoms with Gasteiger partial charge in [0.05, 0.1) is 16.3 Å². The topological polar surface area (TPSA) is 90.0 Å². The summed E-state index contributed by atoms with van der Waals surface area (Å²) in [7, 11) is 0. The molecule has 2 rings (SSSR count). The first-order chi connectivity index (χ1) is 10.4. The molecule has 1 aromatic carbocycles. The number of carbonyl (C=O) groups is 2. The Hall–Kier alpha value is -2.02. The van der Waals surface area contributed by atoms with E-state index in [4.69, 9.17) is 5.73 Å². The molecule has 0 aliphatic carbocycles. The summed E-state index contributed by atoms with van der Waals surface area (Å²) >= 11 is 1.32. The molecule has 22 heavy (non-hydrogen) atoms. The van der Waals surface area contributed by atoms with Crippen molar-refractivity contribution >= 4 is 34.7 Å². The monoisotopic (exact) mass is 320 g/mol. The molecular weight excluding hydrogens is 300 g/mol. The number of thioether (sulfide) groups is 1. The van der Waals surface area contributed by atoms with Gasteiger partial charge in [0.25, 0.3) is 0 Å². The summed E-state index contributed by atoms with van der Waals surface area (Å²) in [6, 6.07) is 7.03. The van der Waals surface area contributed by atoms with Crippen molar-refractivity contribution in [1.29, 1.82) is 0 Å². The number of hydrogen-bond donors (Lipinski definition) is 2. The highest BCUT2D eigenvalue weighted by Gasteiger charge is 2.20. The Morgan fingerprint density at radius 2 is 2.00 bits per heavy atom. The molecule has 118 valence electrons. The van der Waals surface area contributed by atoms with Crippen molar-refractivity contribution in [3.63, 3.8) is 0 Å². The number of nitrogens with zero attached hydrogens (tertiary/aromatic N) is 2.